The van der Waals surface area contributed by atoms with Crippen molar-refractivity contribution in [2.45, 2.75) is 19.8 Å². The van der Waals surface area contributed by atoms with Gasteiger partial charge in [0.05, 0.1) is 5.69 Å². The molecule has 3 aromatic rings. The number of benzene rings is 1. The number of fused-ring (bicyclic) bond motifs is 1. The van der Waals surface area contributed by atoms with Crippen LogP contribution in [-0.4, -0.2) is 9.97 Å². The average molecular weight is 251 g/mol. The van der Waals surface area contributed by atoms with Gasteiger partial charge in [-0.1, -0.05) is 38.1 Å². The molecule has 0 fully saturated rings. The Morgan fingerprint density at radius 3 is 2.53 bits per heavy atom. The monoisotopic (exact) mass is 251 g/mol. The third-order valence-corrected chi connectivity index (χ3v) is 3.49. The zero-order valence-electron chi connectivity index (χ0n) is 11.1. The van der Waals surface area contributed by atoms with Crippen LogP contribution in [0, 0.1) is 0 Å². The second-order valence-electron chi connectivity index (χ2n) is 5.10. The lowest BCUT2D eigenvalue weighted by Crippen LogP contribution is -1.89. The fraction of sp³-hybridized carbons (Fsp3) is 0.188. The van der Waals surface area contributed by atoms with E-state index >= 15 is 0 Å². The van der Waals surface area contributed by atoms with Gasteiger partial charge in [0, 0.05) is 17.8 Å². The Morgan fingerprint density at radius 2 is 1.84 bits per heavy atom. The van der Waals surface area contributed by atoms with Crippen molar-refractivity contribution in [2.75, 3.05) is 5.73 Å². The molecule has 2 heterocycles. The number of nitrogens with one attached hydrogen (secondary N) is 1. The van der Waals surface area contributed by atoms with Gasteiger partial charge in [0.1, 0.15) is 5.65 Å². The second-order valence-corrected chi connectivity index (χ2v) is 5.10. The predicted octanol–water partition coefficient (Wildman–Crippen LogP) is 3.94. The van der Waals surface area contributed by atoms with Gasteiger partial charge < -0.3 is 10.7 Å². The maximum Gasteiger partial charge on any atom is 0.139 e. The first-order valence-corrected chi connectivity index (χ1v) is 6.48. The molecule has 3 N–H and O–H groups in total. The third kappa shape index (κ3) is 1.97. The standard InChI is InChI=1S/C16H17N3/c1-10(2)11-3-5-12(6-4-11)13-7-8-18-16-15(13)14(17)9-19-16/h3-10H,17H2,1-2H3,(H,18,19). The summed E-state index contributed by atoms with van der Waals surface area (Å²) in [5.41, 5.74) is 11.2. The zero-order valence-corrected chi connectivity index (χ0v) is 11.1. The molecule has 3 nitrogen and oxygen atoms in total. The van der Waals surface area contributed by atoms with Crippen molar-refractivity contribution in [3.05, 3.63) is 48.3 Å². The molecule has 0 bridgehead atoms. The lowest BCUT2D eigenvalue weighted by Gasteiger charge is -2.08. The number of H-pyrrole nitrogens is 1. The summed E-state index contributed by atoms with van der Waals surface area (Å²) in [4.78, 5) is 7.39. The number of aromatic nitrogens is 2. The Labute approximate surface area is 112 Å². The minimum atomic E-state index is 0.545. The van der Waals surface area contributed by atoms with E-state index in [0.717, 1.165) is 22.3 Å². The molecule has 0 aliphatic heterocycles. The Hall–Kier alpha value is -2.29. The highest BCUT2D eigenvalue weighted by atomic mass is 14.9. The summed E-state index contributed by atoms with van der Waals surface area (Å²) in [6, 6.07) is 10.7. The van der Waals surface area contributed by atoms with E-state index in [1.165, 1.54) is 11.1 Å². The summed E-state index contributed by atoms with van der Waals surface area (Å²) in [5.74, 6) is 0.545. The van der Waals surface area contributed by atoms with E-state index in [1.54, 1.807) is 6.20 Å². The summed E-state index contributed by atoms with van der Waals surface area (Å²) in [6.45, 7) is 4.40. The quantitative estimate of drug-likeness (QED) is 0.725. The highest BCUT2D eigenvalue weighted by molar-refractivity contribution is 6.01. The smallest absolute Gasteiger partial charge is 0.139 e. The fourth-order valence-electron chi connectivity index (χ4n) is 2.37. The molecule has 19 heavy (non-hydrogen) atoms. The molecule has 0 spiro atoms. The first-order chi connectivity index (χ1) is 9.16. The fourth-order valence-corrected chi connectivity index (χ4v) is 2.37. The number of nitrogens with zero attached hydrogens (tertiary/aromatic N) is 1. The molecule has 1 aromatic carbocycles. The first-order valence-electron chi connectivity index (χ1n) is 6.48. The van der Waals surface area contributed by atoms with Crippen molar-refractivity contribution < 1.29 is 0 Å². The maximum atomic E-state index is 6.02. The second kappa shape index (κ2) is 4.43. The number of hydrogen-bond donors (Lipinski definition) is 2. The highest BCUT2D eigenvalue weighted by Crippen LogP contribution is 2.31. The molecule has 0 radical (unpaired) electrons. The van der Waals surface area contributed by atoms with Crippen LogP contribution in [0.1, 0.15) is 25.3 Å². The lowest BCUT2D eigenvalue weighted by atomic mass is 9.98. The zero-order chi connectivity index (χ0) is 13.4. The largest absolute Gasteiger partial charge is 0.397 e. The van der Waals surface area contributed by atoms with Gasteiger partial charge >= 0.3 is 0 Å². The highest BCUT2D eigenvalue weighted by Gasteiger charge is 2.09. The van der Waals surface area contributed by atoms with Crippen LogP contribution in [-0.2, 0) is 0 Å². The molecular weight excluding hydrogens is 234 g/mol. The summed E-state index contributed by atoms with van der Waals surface area (Å²) < 4.78 is 0. The van der Waals surface area contributed by atoms with Crippen molar-refractivity contribution in [1.29, 1.82) is 0 Å². The van der Waals surface area contributed by atoms with E-state index in [2.05, 4.69) is 48.1 Å². The summed E-state index contributed by atoms with van der Waals surface area (Å²) in [7, 11) is 0. The van der Waals surface area contributed by atoms with E-state index in [0.29, 0.717) is 5.92 Å². The van der Waals surface area contributed by atoms with Crippen LogP contribution in [0.2, 0.25) is 0 Å². The topological polar surface area (TPSA) is 54.7 Å². The van der Waals surface area contributed by atoms with Crippen LogP contribution in [0.15, 0.2) is 42.7 Å². The molecule has 2 aromatic heterocycles. The summed E-state index contributed by atoms with van der Waals surface area (Å²) in [6.07, 6.45) is 3.60. The molecule has 3 heteroatoms. The normalized spacial score (nSPS) is 11.3. The van der Waals surface area contributed by atoms with Crippen molar-refractivity contribution in [2.24, 2.45) is 0 Å². The summed E-state index contributed by atoms with van der Waals surface area (Å²) >= 11 is 0. The van der Waals surface area contributed by atoms with E-state index in [4.69, 9.17) is 5.73 Å². The van der Waals surface area contributed by atoms with Gasteiger partial charge in [-0.2, -0.15) is 0 Å². The van der Waals surface area contributed by atoms with Gasteiger partial charge in [0.15, 0.2) is 0 Å². The Balaban J connectivity index is 2.16. The average Bonchev–Trinajstić information content (AvgIpc) is 2.81. The maximum absolute atomic E-state index is 6.02. The number of aromatic amines is 1. The minimum Gasteiger partial charge on any atom is -0.397 e. The van der Waals surface area contributed by atoms with Gasteiger partial charge in [0.2, 0.25) is 0 Å². The molecule has 0 unspecified atom stereocenters. The van der Waals surface area contributed by atoms with Crippen LogP contribution in [0.4, 0.5) is 5.69 Å². The molecule has 0 aliphatic rings. The van der Waals surface area contributed by atoms with Gasteiger partial charge in [0.25, 0.3) is 0 Å². The number of nitrogen functional groups attached to an aromatic ring is 1. The number of hydrogen-bond acceptors (Lipinski definition) is 2. The van der Waals surface area contributed by atoms with E-state index < -0.39 is 0 Å². The van der Waals surface area contributed by atoms with Crippen molar-refractivity contribution in [3.63, 3.8) is 0 Å². The van der Waals surface area contributed by atoms with E-state index in [9.17, 15) is 0 Å². The molecule has 3 rings (SSSR count). The molecular formula is C16H17N3. The van der Waals surface area contributed by atoms with Gasteiger partial charge in [-0.3, -0.25) is 0 Å². The van der Waals surface area contributed by atoms with Crippen LogP contribution in [0.25, 0.3) is 22.2 Å². The number of pyridine rings is 1. The Bertz CT molecular complexity index is 708. The van der Waals surface area contributed by atoms with E-state index in [-0.39, 0.29) is 0 Å². The van der Waals surface area contributed by atoms with Crippen LogP contribution < -0.4 is 5.73 Å². The Kier molecular flexibility index (Phi) is 2.75. The van der Waals surface area contributed by atoms with Gasteiger partial charge in [-0.05, 0) is 28.7 Å². The van der Waals surface area contributed by atoms with Crippen molar-refractivity contribution >= 4 is 16.7 Å². The summed E-state index contributed by atoms with van der Waals surface area (Å²) in [5, 5.41) is 1.000. The molecule has 0 aliphatic carbocycles. The predicted molar refractivity (Wildman–Crippen MR) is 80.0 cm³/mol. The van der Waals surface area contributed by atoms with Gasteiger partial charge in [-0.25, -0.2) is 4.98 Å². The molecule has 0 saturated heterocycles. The Morgan fingerprint density at radius 1 is 1.11 bits per heavy atom. The number of anilines is 1. The SMILES string of the molecule is CC(C)c1ccc(-c2ccnc3[nH]cc(N)c23)cc1. The minimum absolute atomic E-state index is 0.545. The molecule has 0 atom stereocenters. The van der Waals surface area contributed by atoms with Crippen LogP contribution in [0.5, 0.6) is 0 Å². The first kappa shape index (κ1) is 11.8. The van der Waals surface area contributed by atoms with Crippen molar-refractivity contribution in [3.8, 4) is 11.1 Å². The third-order valence-electron chi connectivity index (χ3n) is 3.49. The van der Waals surface area contributed by atoms with Crippen LogP contribution in [0.3, 0.4) is 0 Å². The van der Waals surface area contributed by atoms with E-state index in [1.807, 2.05) is 12.3 Å². The molecule has 0 saturated carbocycles. The molecule has 0 amide bonds. The van der Waals surface area contributed by atoms with Crippen molar-refractivity contribution in [1.82, 2.24) is 9.97 Å². The van der Waals surface area contributed by atoms with Gasteiger partial charge in [-0.15, -0.1) is 0 Å². The van der Waals surface area contributed by atoms with Crippen LogP contribution >= 0.6 is 0 Å². The number of rotatable bonds is 2. The lowest BCUT2D eigenvalue weighted by molar-refractivity contribution is 0.867. The molecule has 96 valence electrons. The number of nitrogens with two attached hydrogens (primary N) is 1.